The van der Waals surface area contributed by atoms with Crippen LogP contribution in [0.4, 0.5) is 20.8 Å². The number of aryl methyl sites for hydroxylation is 2. The topological polar surface area (TPSA) is 37.4 Å². The van der Waals surface area contributed by atoms with Gasteiger partial charge in [-0.2, -0.15) is 0 Å². The van der Waals surface area contributed by atoms with Gasteiger partial charge < -0.3 is 4.90 Å². The first-order valence-electron chi connectivity index (χ1n) is 13.4. The van der Waals surface area contributed by atoms with Gasteiger partial charge in [-0.1, -0.05) is 41.5 Å². The van der Waals surface area contributed by atoms with E-state index in [9.17, 15) is 14.0 Å². The standard InChI is InChI=1S/C36H24FNO2S/c1-21-3-9-28(10-4-21)38(29-11-5-22(2)6-12-29)34-14-13-30(41-34)20-33-35(39)31-18-25-15-23-7-8-27(37)17-24(23)16-26(25)19-32(31)36(33)40/h3-20H,1-2H3/b33-20+. The summed E-state index contributed by atoms with van der Waals surface area (Å²) in [7, 11) is 0. The molecule has 198 valence electrons. The van der Waals surface area contributed by atoms with Crippen molar-refractivity contribution in [1.82, 2.24) is 0 Å². The highest BCUT2D eigenvalue weighted by Gasteiger charge is 2.33. The second-order valence-corrected chi connectivity index (χ2v) is 11.6. The number of benzene rings is 5. The average molecular weight is 554 g/mol. The molecule has 0 atom stereocenters. The van der Waals surface area contributed by atoms with Gasteiger partial charge in [0.05, 0.1) is 5.57 Å². The highest BCUT2D eigenvalue weighted by molar-refractivity contribution is 7.17. The summed E-state index contributed by atoms with van der Waals surface area (Å²) in [4.78, 5) is 29.9. The molecule has 5 aromatic carbocycles. The normalized spacial score (nSPS) is 13.9. The Bertz CT molecular complexity index is 2010. The number of halogens is 1. The van der Waals surface area contributed by atoms with Gasteiger partial charge in [0.25, 0.3) is 0 Å². The monoisotopic (exact) mass is 553 g/mol. The van der Waals surface area contributed by atoms with Gasteiger partial charge in [-0.05, 0) is 114 Å². The average Bonchev–Trinajstić information content (AvgIpc) is 3.51. The van der Waals surface area contributed by atoms with Crippen LogP contribution in [0.25, 0.3) is 27.6 Å². The van der Waals surface area contributed by atoms with E-state index >= 15 is 0 Å². The Kier molecular flexibility index (Phi) is 5.91. The Hall–Kier alpha value is -4.87. The van der Waals surface area contributed by atoms with Crippen LogP contribution in [0.2, 0.25) is 0 Å². The van der Waals surface area contributed by atoms with Crippen LogP contribution >= 0.6 is 11.3 Å². The van der Waals surface area contributed by atoms with Crippen molar-refractivity contribution in [2.24, 2.45) is 0 Å². The number of hydrogen-bond acceptors (Lipinski definition) is 4. The molecule has 1 aliphatic carbocycles. The molecule has 0 radical (unpaired) electrons. The molecule has 0 fully saturated rings. The SMILES string of the molecule is Cc1ccc(N(c2ccc(C)cc2)c2ccc(/C=C3\C(=O)c4cc5cc6ccc(F)cc6cc5cc4C3=O)s2)cc1. The fourth-order valence-electron chi connectivity index (χ4n) is 5.39. The molecule has 1 aromatic heterocycles. The van der Waals surface area contributed by atoms with Crippen molar-refractivity contribution < 1.29 is 14.0 Å². The molecular formula is C36H24FNO2S. The molecule has 0 saturated heterocycles. The molecular weight excluding hydrogens is 529 g/mol. The van der Waals surface area contributed by atoms with Crippen molar-refractivity contribution in [2.45, 2.75) is 13.8 Å². The zero-order valence-corrected chi connectivity index (χ0v) is 23.3. The molecule has 3 nitrogen and oxygen atoms in total. The van der Waals surface area contributed by atoms with Gasteiger partial charge in [0.15, 0.2) is 11.6 Å². The summed E-state index contributed by atoms with van der Waals surface area (Å²) >= 11 is 1.52. The summed E-state index contributed by atoms with van der Waals surface area (Å²) in [6.07, 6.45) is 1.71. The van der Waals surface area contributed by atoms with Crippen molar-refractivity contribution in [3.63, 3.8) is 0 Å². The van der Waals surface area contributed by atoms with E-state index in [0.29, 0.717) is 11.1 Å². The van der Waals surface area contributed by atoms with Gasteiger partial charge in [0, 0.05) is 27.4 Å². The van der Waals surface area contributed by atoms with Crippen LogP contribution in [0.3, 0.4) is 0 Å². The van der Waals surface area contributed by atoms with Crippen LogP contribution < -0.4 is 4.90 Å². The zero-order valence-electron chi connectivity index (χ0n) is 22.4. The summed E-state index contributed by atoms with van der Waals surface area (Å²) in [5, 5.41) is 4.25. The molecule has 41 heavy (non-hydrogen) atoms. The fourth-order valence-corrected chi connectivity index (χ4v) is 6.39. The first-order valence-corrected chi connectivity index (χ1v) is 14.2. The molecule has 1 aliphatic rings. The lowest BCUT2D eigenvalue weighted by molar-refractivity contribution is 0.0990. The maximum absolute atomic E-state index is 13.8. The Balaban J connectivity index is 1.27. The lowest BCUT2D eigenvalue weighted by Gasteiger charge is -2.23. The highest BCUT2D eigenvalue weighted by Crippen LogP contribution is 2.40. The van der Waals surface area contributed by atoms with Crippen molar-refractivity contribution >= 4 is 66.9 Å². The van der Waals surface area contributed by atoms with Gasteiger partial charge in [-0.15, -0.1) is 11.3 Å². The molecule has 0 unspecified atom stereocenters. The Labute approximate surface area is 240 Å². The van der Waals surface area contributed by atoms with Crippen LogP contribution in [0.5, 0.6) is 0 Å². The number of anilines is 3. The lowest BCUT2D eigenvalue weighted by atomic mass is 9.99. The molecule has 0 amide bonds. The number of carbonyl (C=O) groups is 2. The number of rotatable bonds is 4. The predicted molar refractivity (Wildman–Crippen MR) is 167 cm³/mol. The Morgan fingerprint density at radius 3 is 1.73 bits per heavy atom. The minimum Gasteiger partial charge on any atom is -0.302 e. The number of ketones is 2. The fraction of sp³-hybridized carbons (Fsp3) is 0.0556. The lowest BCUT2D eigenvalue weighted by Crippen LogP contribution is -2.08. The van der Waals surface area contributed by atoms with E-state index in [2.05, 4.69) is 67.3 Å². The van der Waals surface area contributed by atoms with Gasteiger partial charge >= 0.3 is 0 Å². The molecule has 7 rings (SSSR count). The summed E-state index contributed by atoms with van der Waals surface area (Å²) in [5.74, 6) is -0.863. The number of thiophene rings is 1. The third kappa shape index (κ3) is 4.45. The van der Waals surface area contributed by atoms with Crippen LogP contribution in [0, 0.1) is 19.7 Å². The second kappa shape index (κ2) is 9.65. The van der Waals surface area contributed by atoms with E-state index in [1.54, 1.807) is 24.3 Å². The third-order valence-electron chi connectivity index (χ3n) is 7.58. The number of hydrogen-bond donors (Lipinski definition) is 0. The number of allylic oxidation sites excluding steroid dienone is 1. The first-order chi connectivity index (χ1) is 19.8. The van der Waals surface area contributed by atoms with E-state index < -0.39 is 0 Å². The summed E-state index contributed by atoms with van der Waals surface area (Å²) < 4.78 is 13.8. The molecule has 0 saturated carbocycles. The molecule has 0 bridgehead atoms. The van der Waals surface area contributed by atoms with E-state index in [0.717, 1.165) is 42.8 Å². The van der Waals surface area contributed by atoms with Gasteiger partial charge in [-0.3, -0.25) is 9.59 Å². The van der Waals surface area contributed by atoms with Crippen LogP contribution in [0.1, 0.15) is 36.7 Å². The molecule has 5 heteroatoms. The van der Waals surface area contributed by atoms with Crippen molar-refractivity contribution in [1.29, 1.82) is 0 Å². The number of Topliss-reactive ketones (excluding diaryl/α,β-unsaturated/α-hetero) is 2. The van der Waals surface area contributed by atoms with Crippen LogP contribution in [-0.2, 0) is 0 Å². The summed E-state index contributed by atoms with van der Waals surface area (Å²) in [6, 6.07) is 32.6. The Morgan fingerprint density at radius 1 is 0.610 bits per heavy atom. The maximum atomic E-state index is 13.8. The largest absolute Gasteiger partial charge is 0.302 e. The van der Waals surface area contributed by atoms with E-state index in [4.69, 9.17) is 0 Å². The maximum Gasteiger partial charge on any atom is 0.197 e. The van der Waals surface area contributed by atoms with Gasteiger partial charge in [-0.25, -0.2) is 4.39 Å². The summed E-state index contributed by atoms with van der Waals surface area (Å²) in [6.45, 7) is 4.13. The number of nitrogens with zero attached hydrogens (tertiary/aromatic N) is 1. The van der Waals surface area contributed by atoms with Gasteiger partial charge in [0.2, 0.25) is 0 Å². The minimum atomic E-state index is -0.312. The molecule has 0 aliphatic heterocycles. The molecule has 1 heterocycles. The number of fused-ring (bicyclic) bond motifs is 3. The van der Waals surface area contributed by atoms with Gasteiger partial charge in [0.1, 0.15) is 10.8 Å². The molecule has 0 spiro atoms. The Morgan fingerprint density at radius 2 is 1.15 bits per heavy atom. The number of carbonyl (C=O) groups excluding carboxylic acids is 2. The highest BCUT2D eigenvalue weighted by atomic mass is 32.1. The third-order valence-corrected chi connectivity index (χ3v) is 8.59. The first kappa shape index (κ1) is 25.1. The molecule has 0 N–H and O–H groups in total. The van der Waals surface area contributed by atoms with Crippen LogP contribution in [0.15, 0.2) is 109 Å². The second-order valence-electron chi connectivity index (χ2n) is 10.5. The van der Waals surface area contributed by atoms with Crippen molar-refractivity contribution in [3.05, 3.63) is 142 Å². The molecule has 6 aromatic rings. The predicted octanol–water partition coefficient (Wildman–Crippen LogP) is 9.74. The van der Waals surface area contributed by atoms with Crippen molar-refractivity contribution in [3.8, 4) is 0 Å². The quantitative estimate of drug-likeness (QED) is 0.124. The van der Waals surface area contributed by atoms with E-state index in [-0.39, 0.29) is 23.0 Å². The van der Waals surface area contributed by atoms with E-state index in [1.807, 2.05) is 24.3 Å². The zero-order chi connectivity index (χ0) is 28.2. The van der Waals surface area contributed by atoms with Crippen molar-refractivity contribution in [2.75, 3.05) is 4.90 Å². The van der Waals surface area contributed by atoms with Crippen LogP contribution in [-0.4, -0.2) is 11.6 Å². The minimum absolute atomic E-state index is 0.163. The van der Waals surface area contributed by atoms with E-state index in [1.165, 1.54) is 34.6 Å². The smallest absolute Gasteiger partial charge is 0.197 e. The summed E-state index contributed by atoms with van der Waals surface area (Å²) in [5.41, 5.74) is 5.38.